The van der Waals surface area contributed by atoms with Crippen LogP contribution in [0.3, 0.4) is 0 Å². The zero-order valence-corrected chi connectivity index (χ0v) is 21.1. The van der Waals surface area contributed by atoms with Gasteiger partial charge >= 0.3 is 19.5 Å². The van der Waals surface area contributed by atoms with Crippen molar-refractivity contribution in [2.75, 3.05) is 32.6 Å². The van der Waals surface area contributed by atoms with Crippen LogP contribution < -0.4 is 5.32 Å². The molecule has 33 heavy (non-hydrogen) atoms. The van der Waals surface area contributed by atoms with E-state index in [0.717, 1.165) is 5.56 Å². The second-order valence-electron chi connectivity index (χ2n) is 7.25. The van der Waals surface area contributed by atoms with Gasteiger partial charge in [-0.05, 0) is 51.7 Å². The summed E-state index contributed by atoms with van der Waals surface area (Å²) in [5.74, 6) is -2.33. The van der Waals surface area contributed by atoms with Gasteiger partial charge in [0.1, 0.15) is 0 Å². The molecule has 0 fully saturated rings. The van der Waals surface area contributed by atoms with Crippen molar-refractivity contribution < 1.29 is 37.5 Å². The number of aryl methyl sites for hydroxylation is 1. The van der Waals surface area contributed by atoms with E-state index in [-0.39, 0.29) is 39.0 Å². The largest absolute Gasteiger partial charge is 0.464 e. The van der Waals surface area contributed by atoms with Gasteiger partial charge in [0.2, 0.25) is 11.4 Å². The van der Waals surface area contributed by atoms with Gasteiger partial charge in [0.25, 0.3) is 0 Å². The summed E-state index contributed by atoms with van der Waals surface area (Å²) < 4.78 is 33.7. The maximum atomic E-state index is 12.9. The normalized spacial score (nSPS) is 11.7. The number of amides is 1. The molecule has 0 aliphatic rings. The van der Waals surface area contributed by atoms with E-state index in [2.05, 4.69) is 5.32 Å². The third-order valence-corrected chi connectivity index (χ3v) is 6.91. The predicted molar refractivity (Wildman–Crippen MR) is 124 cm³/mol. The van der Waals surface area contributed by atoms with E-state index in [1.807, 2.05) is 12.1 Å². The maximum Gasteiger partial charge on any atom is 0.344 e. The Balaban J connectivity index is 3.24. The van der Waals surface area contributed by atoms with E-state index in [1.165, 1.54) is 6.92 Å². The molecule has 0 heterocycles. The van der Waals surface area contributed by atoms with Crippen LogP contribution in [0.2, 0.25) is 0 Å². The number of carbonyl (C=O) groups is 3. The SMILES string of the molecule is CCOC(=O)C(Cc1ccccc1CCCP(=O)(OCC)OCC)(NC(C)=O)C(=O)OCC. The summed E-state index contributed by atoms with van der Waals surface area (Å²) in [6.45, 7) is 8.60. The van der Waals surface area contributed by atoms with Gasteiger partial charge in [0.15, 0.2) is 0 Å². The molecule has 1 rings (SSSR count). The summed E-state index contributed by atoms with van der Waals surface area (Å²) in [7, 11) is -3.19. The lowest BCUT2D eigenvalue weighted by atomic mass is 9.87. The van der Waals surface area contributed by atoms with E-state index < -0.39 is 31.0 Å². The van der Waals surface area contributed by atoms with Gasteiger partial charge in [-0.2, -0.15) is 0 Å². The van der Waals surface area contributed by atoms with Crippen molar-refractivity contribution in [3.8, 4) is 0 Å². The number of carbonyl (C=O) groups excluding carboxylic acids is 3. The molecule has 0 atom stereocenters. The van der Waals surface area contributed by atoms with Crippen LogP contribution in [-0.2, 0) is 50.3 Å². The molecular weight excluding hydrogens is 449 g/mol. The number of ether oxygens (including phenoxy) is 2. The highest BCUT2D eigenvalue weighted by Crippen LogP contribution is 2.48. The first kappa shape index (κ1) is 28.8. The molecule has 0 bridgehead atoms. The number of rotatable bonds is 15. The lowest BCUT2D eigenvalue weighted by molar-refractivity contribution is -0.168. The Morgan fingerprint density at radius 1 is 0.879 bits per heavy atom. The lowest BCUT2D eigenvalue weighted by Crippen LogP contribution is -2.62. The molecule has 0 saturated carbocycles. The van der Waals surface area contributed by atoms with Crippen LogP contribution in [0.25, 0.3) is 0 Å². The number of hydrogen-bond acceptors (Lipinski definition) is 8. The van der Waals surface area contributed by atoms with Crippen LogP contribution >= 0.6 is 7.60 Å². The fraction of sp³-hybridized carbons (Fsp3) is 0.609. The molecule has 9 nitrogen and oxygen atoms in total. The molecule has 0 unspecified atom stereocenters. The van der Waals surface area contributed by atoms with E-state index in [4.69, 9.17) is 18.5 Å². The first-order chi connectivity index (χ1) is 15.7. The zero-order chi connectivity index (χ0) is 24.9. The molecule has 0 aliphatic carbocycles. The predicted octanol–water partition coefficient (Wildman–Crippen LogP) is 3.43. The molecule has 0 saturated heterocycles. The molecule has 10 heteroatoms. The smallest absolute Gasteiger partial charge is 0.344 e. The Hall–Kier alpha value is -2.22. The van der Waals surface area contributed by atoms with Gasteiger partial charge in [-0.25, -0.2) is 9.59 Å². The van der Waals surface area contributed by atoms with Gasteiger partial charge in [-0.3, -0.25) is 9.36 Å². The Morgan fingerprint density at radius 3 is 1.85 bits per heavy atom. The molecule has 1 amide bonds. The average Bonchev–Trinajstić information content (AvgIpc) is 2.74. The van der Waals surface area contributed by atoms with E-state index in [0.29, 0.717) is 18.4 Å². The highest BCUT2D eigenvalue weighted by Gasteiger charge is 2.50. The Labute approximate surface area is 196 Å². The van der Waals surface area contributed by atoms with Crippen LogP contribution in [-0.4, -0.2) is 56.0 Å². The van der Waals surface area contributed by atoms with Gasteiger partial charge in [-0.15, -0.1) is 0 Å². The van der Waals surface area contributed by atoms with Crippen molar-refractivity contribution in [2.24, 2.45) is 0 Å². The highest BCUT2D eigenvalue weighted by atomic mass is 31.2. The van der Waals surface area contributed by atoms with E-state index >= 15 is 0 Å². The third kappa shape index (κ3) is 8.57. The first-order valence-corrected chi connectivity index (χ1v) is 13.0. The molecule has 0 aliphatic heterocycles. The van der Waals surface area contributed by atoms with Crippen LogP contribution in [0.5, 0.6) is 0 Å². The molecule has 1 aromatic carbocycles. The van der Waals surface area contributed by atoms with Crippen molar-refractivity contribution in [3.63, 3.8) is 0 Å². The number of esters is 2. The van der Waals surface area contributed by atoms with Gasteiger partial charge in [-0.1, -0.05) is 24.3 Å². The van der Waals surface area contributed by atoms with Gasteiger partial charge < -0.3 is 23.8 Å². The maximum absolute atomic E-state index is 12.9. The first-order valence-electron chi connectivity index (χ1n) is 11.3. The molecule has 0 radical (unpaired) electrons. The fourth-order valence-corrected chi connectivity index (χ4v) is 5.13. The summed E-state index contributed by atoms with van der Waals surface area (Å²) in [6.07, 6.45) is 1.09. The van der Waals surface area contributed by atoms with Gasteiger partial charge in [0.05, 0.1) is 32.6 Å². The van der Waals surface area contributed by atoms with Crippen molar-refractivity contribution in [1.82, 2.24) is 5.32 Å². The van der Waals surface area contributed by atoms with Crippen LogP contribution in [0.4, 0.5) is 0 Å². The van der Waals surface area contributed by atoms with Crippen LogP contribution in [0, 0.1) is 0 Å². The fourth-order valence-electron chi connectivity index (χ4n) is 3.47. The molecule has 1 aromatic rings. The molecule has 0 aromatic heterocycles. The minimum absolute atomic E-state index is 0.0331. The van der Waals surface area contributed by atoms with Crippen molar-refractivity contribution >= 4 is 25.4 Å². The summed E-state index contributed by atoms with van der Waals surface area (Å²) in [4.78, 5) is 37.8. The van der Waals surface area contributed by atoms with E-state index in [1.54, 1.807) is 39.8 Å². The summed E-state index contributed by atoms with van der Waals surface area (Å²) in [5, 5.41) is 2.48. The number of hydrogen-bond donors (Lipinski definition) is 1. The van der Waals surface area contributed by atoms with E-state index in [9.17, 15) is 18.9 Å². The minimum atomic E-state index is -3.19. The molecule has 0 spiro atoms. The quantitative estimate of drug-likeness (QED) is 0.228. The standard InChI is InChI=1S/C23H36NO8P/c1-6-29-21(26)23(24-18(5)25,22(27)30-7-2)17-20-14-11-10-13-19(20)15-12-16-33(28,31-8-3)32-9-4/h10-11,13-14H,6-9,12,15-17H2,1-5H3,(H,24,25). The molecule has 186 valence electrons. The Bertz CT molecular complexity index is 814. The summed E-state index contributed by atoms with van der Waals surface area (Å²) >= 11 is 0. The van der Waals surface area contributed by atoms with Crippen molar-refractivity contribution in [2.45, 2.75) is 59.4 Å². The third-order valence-electron chi connectivity index (χ3n) is 4.74. The summed E-state index contributed by atoms with van der Waals surface area (Å²) in [6, 6.07) is 7.24. The average molecular weight is 486 g/mol. The second-order valence-corrected chi connectivity index (χ2v) is 9.43. The van der Waals surface area contributed by atoms with Crippen LogP contribution in [0.1, 0.15) is 52.2 Å². The van der Waals surface area contributed by atoms with Crippen molar-refractivity contribution in [3.05, 3.63) is 35.4 Å². The second kappa shape index (κ2) is 14.1. The Morgan fingerprint density at radius 2 is 1.39 bits per heavy atom. The van der Waals surface area contributed by atoms with Gasteiger partial charge in [0, 0.05) is 13.3 Å². The lowest BCUT2D eigenvalue weighted by Gasteiger charge is -2.30. The number of benzene rings is 1. The highest BCUT2D eigenvalue weighted by molar-refractivity contribution is 7.53. The molecule has 1 N–H and O–H groups in total. The van der Waals surface area contributed by atoms with Crippen molar-refractivity contribution in [1.29, 1.82) is 0 Å². The van der Waals surface area contributed by atoms with Crippen LogP contribution in [0.15, 0.2) is 24.3 Å². The monoisotopic (exact) mass is 485 g/mol. The topological polar surface area (TPSA) is 117 Å². The zero-order valence-electron chi connectivity index (χ0n) is 20.2. The Kier molecular flexibility index (Phi) is 12.3. The summed E-state index contributed by atoms with van der Waals surface area (Å²) in [5.41, 5.74) is -0.518. The molecular formula is C23H36NO8P. The minimum Gasteiger partial charge on any atom is -0.464 e. The number of nitrogens with one attached hydrogen (secondary N) is 1.